The Balaban J connectivity index is 2.50. The molecular weight excluding hydrogens is 216 g/mol. The third-order valence-corrected chi connectivity index (χ3v) is 2.64. The molecule has 94 valence electrons. The van der Waals surface area contributed by atoms with Crippen LogP contribution in [0.1, 0.15) is 48.5 Å². The molecule has 1 aromatic rings. The maximum Gasteiger partial charge on any atom is 0.373 e. The van der Waals surface area contributed by atoms with E-state index >= 15 is 0 Å². The van der Waals surface area contributed by atoms with Gasteiger partial charge in [-0.1, -0.05) is 38.3 Å². The van der Waals surface area contributed by atoms with Gasteiger partial charge in [0.1, 0.15) is 0 Å². The van der Waals surface area contributed by atoms with E-state index in [4.69, 9.17) is 0 Å². The molecule has 1 rings (SSSR count). The summed E-state index contributed by atoms with van der Waals surface area (Å²) in [7, 11) is 1.33. The summed E-state index contributed by atoms with van der Waals surface area (Å²) in [5.74, 6) is -0.442. The number of unbranched alkanes of at least 4 members (excludes halogenated alkanes) is 3. The number of aryl methyl sites for hydroxylation is 1. The van der Waals surface area contributed by atoms with Crippen molar-refractivity contribution in [3.05, 3.63) is 35.4 Å². The fourth-order valence-corrected chi connectivity index (χ4v) is 1.73. The second-order valence-corrected chi connectivity index (χ2v) is 4.05. The van der Waals surface area contributed by atoms with Gasteiger partial charge in [0, 0.05) is 0 Å². The normalized spacial score (nSPS) is 10.2. The monoisotopic (exact) mass is 236 g/mol. The Hall–Kier alpha value is -1.35. The van der Waals surface area contributed by atoms with Crippen molar-refractivity contribution < 1.29 is 14.6 Å². The van der Waals surface area contributed by atoms with Gasteiger partial charge in [0.15, 0.2) is 0 Å². The van der Waals surface area contributed by atoms with Gasteiger partial charge in [-0.15, -0.1) is 0 Å². The van der Waals surface area contributed by atoms with Crippen LogP contribution in [0.5, 0.6) is 0 Å². The van der Waals surface area contributed by atoms with E-state index in [9.17, 15) is 4.79 Å². The van der Waals surface area contributed by atoms with Crippen LogP contribution in [-0.4, -0.2) is 13.1 Å². The minimum atomic E-state index is -0.442. The highest BCUT2D eigenvalue weighted by atomic mass is 17.2. The molecule has 0 aliphatic heterocycles. The van der Waals surface area contributed by atoms with Gasteiger partial charge in [0.2, 0.25) is 0 Å². The van der Waals surface area contributed by atoms with E-state index < -0.39 is 5.97 Å². The molecule has 0 amide bonds. The predicted molar refractivity (Wildman–Crippen MR) is 66.7 cm³/mol. The largest absolute Gasteiger partial charge is 0.373 e. The second kappa shape index (κ2) is 7.85. The highest BCUT2D eigenvalue weighted by Crippen LogP contribution is 2.11. The summed E-state index contributed by atoms with van der Waals surface area (Å²) >= 11 is 0. The number of carbonyl (C=O) groups excluding carboxylic acids is 1. The van der Waals surface area contributed by atoms with Crippen molar-refractivity contribution >= 4 is 5.97 Å². The van der Waals surface area contributed by atoms with E-state index in [-0.39, 0.29) is 0 Å². The molecule has 0 fully saturated rings. The highest BCUT2D eigenvalue weighted by Gasteiger charge is 2.07. The van der Waals surface area contributed by atoms with Crippen LogP contribution in [0.3, 0.4) is 0 Å². The van der Waals surface area contributed by atoms with Crippen molar-refractivity contribution in [2.45, 2.75) is 39.0 Å². The molecule has 0 saturated carbocycles. The molecule has 0 heterocycles. The lowest BCUT2D eigenvalue weighted by atomic mass is 10.0. The Kier molecular flexibility index (Phi) is 6.33. The quantitative estimate of drug-likeness (QED) is 0.413. The van der Waals surface area contributed by atoms with Gasteiger partial charge < -0.3 is 0 Å². The summed E-state index contributed by atoms with van der Waals surface area (Å²) in [6.45, 7) is 2.20. The van der Waals surface area contributed by atoms with Gasteiger partial charge >= 0.3 is 5.97 Å². The zero-order chi connectivity index (χ0) is 12.5. The molecule has 0 atom stereocenters. The topological polar surface area (TPSA) is 35.5 Å². The second-order valence-electron chi connectivity index (χ2n) is 4.05. The third-order valence-electron chi connectivity index (χ3n) is 2.64. The summed E-state index contributed by atoms with van der Waals surface area (Å²) in [6.07, 6.45) is 5.92. The van der Waals surface area contributed by atoms with Crippen LogP contribution in [-0.2, 0) is 16.2 Å². The molecule has 0 aromatic heterocycles. The SMILES string of the molecule is CCCCCCc1cccc(C(=O)OOC)c1. The van der Waals surface area contributed by atoms with Crippen LogP contribution in [0.4, 0.5) is 0 Å². The van der Waals surface area contributed by atoms with E-state index in [2.05, 4.69) is 16.7 Å². The maximum absolute atomic E-state index is 11.4. The molecule has 0 bridgehead atoms. The van der Waals surface area contributed by atoms with E-state index in [1.165, 1.54) is 31.9 Å². The number of hydrogen-bond donors (Lipinski definition) is 0. The lowest BCUT2D eigenvalue weighted by molar-refractivity contribution is -0.216. The van der Waals surface area contributed by atoms with E-state index in [1.807, 2.05) is 18.2 Å². The molecule has 0 unspecified atom stereocenters. The highest BCUT2D eigenvalue weighted by molar-refractivity contribution is 5.89. The van der Waals surface area contributed by atoms with Gasteiger partial charge in [-0.2, -0.15) is 4.89 Å². The van der Waals surface area contributed by atoms with Crippen molar-refractivity contribution in [3.8, 4) is 0 Å². The smallest absolute Gasteiger partial charge is 0.293 e. The van der Waals surface area contributed by atoms with E-state index in [0.29, 0.717) is 5.56 Å². The fraction of sp³-hybridized carbons (Fsp3) is 0.500. The maximum atomic E-state index is 11.4. The molecular formula is C14H20O3. The number of hydrogen-bond acceptors (Lipinski definition) is 3. The first-order chi connectivity index (χ1) is 8.27. The molecule has 0 aliphatic rings. The third kappa shape index (κ3) is 5.00. The van der Waals surface area contributed by atoms with Crippen molar-refractivity contribution in [1.29, 1.82) is 0 Å². The zero-order valence-electron chi connectivity index (χ0n) is 10.6. The number of rotatable bonds is 7. The van der Waals surface area contributed by atoms with E-state index in [0.717, 1.165) is 12.8 Å². The summed E-state index contributed by atoms with van der Waals surface area (Å²) in [6, 6.07) is 7.52. The van der Waals surface area contributed by atoms with E-state index in [1.54, 1.807) is 6.07 Å². The lowest BCUT2D eigenvalue weighted by Gasteiger charge is -2.04. The molecule has 17 heavy (non-hydrogen) atoms. The Bertz CT molecular complexity index is 347. The van der Waals surface area contributed by atoms with Crippen molar-refractivity contribution in [2.75, 3.05) is 7.11 Å². The standard InChI is InChI=1S/C14H20O3/c1-3-4-5-6-8-12-9-7-10-13(11-12)14(15)17-16-2/h7,9-11H,3-6,8H2,1-2H3. The number of benzene rings is 1. The van der Waals surface area contributed by atoms with Crippen LogP contribution in [0.25, 0.3) is 0 Å². The Morgan fingerprint density at radius 1 is 1.24 bits per heavy atom. The molecule has 3 heteroatoms. The van der Waals surface area contributed by atoms with Crippen molar-refractivity contribution in [2.24, 2.45) is 0 Å². The van der Waals surface area contributed by atoms with Gasteiger partial charge in [-0.05, 0) is 30.5 Å². The van der Waals surface area contributed by atoms with Crippen LogP contribution in [0.15, 0.2) is 24.3 Å². The minimum Gasteiger partial charge on any atom is -0.293 e. The van der Waals surface area contributed by atoms with Crippen LogP contribution in [0, 0.1) is 0 Å². The van der Waals surface area contributed by atoms with Crippen LogP contribution in [0.2, 0.25) is 0 Å². The minimum absolute atomic E-state index is 0.442. The molecule has 0 radical (unpaired) electrons. The zero-order valence-corrected chi connectivity index (χ0v) is 10.6. The Labute approximate surface area is 103 Å². The first-order valence-corrected chi connectivity index (χ1v) is 6.12. The van der Waals surface area contributed by atoms with Gasteiger partial charge in [0.25, 0.3) is 0 Å². The van der Waals surface area contributed by atoms with Crippen molar-refractivity contribution in [3.63, 3.8) is 0 Å². The summed E-state index contributed by atoms with van der Waals surface area (Å²) in [5, 5.41) is 0. The first-order valence-electron chi connectivity index (χ1n) is 6.12. The van der Waals surface area contributed by atoms with Crippen LogP contribution >= 0.6 is 0 Å². The molecule has 1 aromatic carbocycles. The molecule has 0 spiro atoms. The predicted octanol–water partition coefficient (Wildman–Crippen LogP) is 3.53. The molecule has 0 aliphatic carbocycles. The fourth-order valence-electron chi connectivity index (χ4n) is 1.73. The van der Waals surface area contributed by atoms with Gasteiger partial charge in [-0.25, -0.2) is 4.79 Å². The van der Waals surface area contributed by atoms with Crippen LogP contribution < -0.4 is 0 Å². The molecule has 0 saturated heterocycles. The number of carbonyl (C=O) groups is 1. The lowest BCUT2D eigenvalue weighted by Crippen LogP contribution is -2.04. The average molecular weight is 236 g/mol. The summed E-state index contributed by atoms with van der Waals surface area (Å²) in [4.78, 5) is 20.3. The van der Waals surface area contributed by atoms with Gasteiger partial charge in [0.05, 0.1) is 12.7 Å². The van der Waals surface area contributed by atoms with Gasteiger partial charge in [-0.3, -0.25) is 4.89 Å². The Morgan fingerprint density at radius 2 is 2.06 bits per heavy atom. The average Bonchev–Trinajstić information content (AvgIpc) is 2.35. The first kappa shape index (κ1) is 13.7. The molecule has 3 nitrogen and oxygen atoms in total. The van der Waals surface area contributed by atoms with Crippen molar-refractivity contribution in [1.82, 2.24) is 0 Å². The Morgan fingerprint density at radius 3 is 2.76 bits per heavy atom. The summed E-state index contributed by atoms with van der Waals surface area (Å²) < 4.78 is 0. The summed E-state index contributed by atoms with van der Waals surface area (Å²) in [5.41, 5.74) is 1.71. The molecule has 0 N–H and O–H groups in total.